The normalized spacial score (nSPS) is 10.2. The minimum Gasteiger partial charge on any atom is -0.326 e. The summed E-state index contributed by atoms with van der Waals surface area (Å²) in [6, 6.07) is 9.77. The molecule has 0 aliphatic heterocycles. The highest BCUT2D eigenvalue weighted by Gasteiger charge is 2.03. The molecule has 0 bridgehead atoms. The van der Waals surface area contributed by atoms with Gasteiger partial charge in [-0.1, -0.05) is 24.3 Å². The molecule has 1 radical (unpaired) electrons. The van der Waals surface area contributed by atoms with Gasteiger partial charge < -0.3 is 5.73 Å². The van der Waals surface area contributed by atoms with Crippen LogP contribution in [0, 0.1) is 6.20 Å². The van der Waals surface area contributed by atoms with E-state index in [2.05, 4.69) is 16.4 Å². The van der Waals surface area contributed by atoms with Crippen LogP contribution in [0.2, 0.25) is 0 Å². The molecule has 0 aliphatic carbocycles. The molecule has 0 aliphatic rings. The molecule has 13 heavy (non-hydrogen) atoms. The Morgan fingerprint density at radius 2 is 2.23 bits per heavy atom. The Labute approximate surface area is 76.6 Å². The van der Waals surface area contributed by atoms with Crippen LogP contribution < -0.4 is 5.73 Å². The van der Waals surface area contributed by atoms with Crippen LogP contribution in [0.5, 0.6) is 0 Å². The molecule has 0 fully saturated rings. The van der Waals surface area contributed by atoms with Crippen molar-refractivity contribution in [2.24, 2.45) is 5.73 Å². The summed E-state index contributed by atoms with van der Waals surface area (Å²) < 4.78 is 0. The molecule has 3 heteroatoms. The smallest absolute Gasteiger partial charge is 0.0931 e. The van der Waals surface area contributed by atoms with Crippen molar-refractivity contribution in [3.8, 4) is 11.3 Å². The molecule has 0 unspecified atom stereocenters. The van der Waals surface area contributed by atoms with E-state index >= 15 is 0 Å². The van der Waals surface area contributed by atoms with E-state index in [-0.39, 0.29) is 0 Å². The summed E-state index contributed by atoms with van der Waals surface area (Å²) >= 11 is 0. The number of nitrogens with zero attached hydrogens (tertiary/aromatic N) is 1. The lowest BCUT2D eigenvalue weighted by atomic mass is 10.1. The topological polar surface area (TPSA) is 54.7 Å². The summed E-state index contributed by atoms with van der Waals surface area (Å²) in [5.74, 6) is 0. The van der Waals surface area contributed by atoms with E-state index in [9.17, 15) is 0 Å². The molecular weight excluding hydrogens is 162 g/mol. The average molecular weight is 172 g/mol. The number of nitrogens with one attached hydrogen (secondary N) is 1. The number of aromatic nitrogens is 2. The molecular formula is C10H10N3. The third kappa shape index (κ3) is 1.46. The lowest BCUT2D eigenvalue weighted by Gasteiger charge is -2.02. The molecule has 1 aromatic heterocycles. The Hall–Kier alpha value is -1.61. The van der Waals surface area contributed by atoms with Crippen LogP contribution >= 0.6 is 0 Å². The lowest BCUT2D eigenvalue weighted by molar-refractivity contribution is 1.05. The molecule has 0 amide bonds. The summed E-state index contributed by atoms with van der Waals surface area (Å²) in [5, 5.41) is 6.72. The maximum absolute atomic E-state index is 5.61. The van der Waals surface area contributed by atoms with Gasteiger partial charge in [0.2, 0.25) is 0 Å². The van der Waals surface area contributed by atoms with Crippen molar-refractivity contribution in [3.05, 3.63) is 42.1 Å². The number of nitrogens with two attached hydrogens (primary N) is 1. The second kappa shape index (κ2) is 3.41. The third-order valence-electron chi connectivity index (χ3n) is 1.96. The molecule has 1 heterocycles. The molecule has 1 aromatic carbocycles. The minimum atomic E-state index is 0.531. The number of benzene rings is 1. The largest absolute Gasteiger partial charge is 0.326 e. The Morgan fingerprint density at radius 3 is 2.92 bits per heavy atom. The zero-order valence-corrected chi connectivity index (χ0v) is 7.12. The van der Waals surface area contributed by atoms with E-state index in [1.165, 1.54) is 0 Å². The van der Waals surface area contributed by atoms with E-state index < -0.39 is 0 Å². The Balaban J connectivity index is 2.51. The van der Waals surface area contributed by atoms with Crippen LogP contribution in [-0.2, 0) is 6.54 Å². The van der Waals surface area contributed by atoms with E-state index in [1.807, 2.05) is 30.3 Å². The van der Waals surface area contributed by atoms with Gasteiger partial charge in [0.1, 0.15) is 0 Å². The summed E-state index contributed by atoms with van der Waals surface area (Å²) in [6.45, 7) is 0.531. The Morgan fingerprint density at radius 1 is 1.38 bits per heavy atom. The van der Waals surface area contributed by atoms with Crippen LogP contribution in [0.25, 0.3) is 11.3 Å². The van der Waals surface area contributed by atoms with Crippen LogP contribution in [0.15, 0.2) is 30.3 Å². The monoisotopic (exact) mass is 172 g/mol. The number of H-pyrrole nitrogens is 1. The van der Waals surface area contributed by atoms with E-state index in [0.29, 0.717) is 6.54 Å². The van der Waals surface area contributed by atoms with Gasteiger partial charge in [-0.2, -0.15) is 5.10 Å². The molecule has 0 atom stereocenters. The van der Waals surface area contributed by atoms with Crippen molar-refractivity contribution in [1.29, 1.82) is 0 Å². The summed E-state index contributed by atoms with van der Waals surface area (Å²) in [4.78, 5) is 0. The molecule has 3 N–H and O–H groups in total. The first-order valence-electron chi connectivity index (χ1n) is 4.11. The van der Waals surface area contributed by atoms with Gasteiger partial charge in [0.25, 0.3) is 0 Å². The van der Waals surface area contributed by atoms with E-state index in [1.54, 1.807) is 0 Å². The predicted octanol–water partition coefficient (Wildman–Crippen LogP) is 1.34. The number of hydrogen-bond acceptors (Lipinski definition) is 2. The van der Waals surface area contributed by atoms with Crippen molar-refractivity contribution >= 4 is 0 Å². The summed E-state index contributed by atoms with van der Waals surface area (Å²) in [7, 11) is 0. The molecule has 0 saturated carbocycles. The maximum Gasteiger partial charge on any atom is 0.0931 e. The third-order valence-corrected chi connectivity index (χ3v) is 1.96. The van der Waals surface area contributed by atoms with E-state index in [0.717, 1.165) is 16.8 Å². The molecule has 2 rings (SSSR count). The minimum absolute atomic E-state index is 0.531. The van der Waals surface area contributed by atoms with Gasteiger partial charge in [-0.3, -0.25) is 5.10 Å². The lowest BCUT2D eigenvalue weighted by Crippen LogP contribution is -1.98. The van der Waals surface area contributed by atoms with E-state index in [4.69, 9.17) is 5.73 Å². The first-order chi connectivity index (χ1) is 6.42. The second-order valence-corrected chi connectivity index (χ2v) is 2.76. The Bertz CT molecular complexity index is 379. The molecule has 0 spiro atoms. The van der Waals surface area contributed by atoms with Crippen LogP contribution in [0.1, 0.15) is 5.56 Å². The van der Waals surface area contributed by atoms with Crippen LogP contribution in [0.3, 0.4) is 0 Å². The highest BCUT2D eigenvalue weighted by Crippen LogP contribution is 2.20. The van der Waals surface area contributed by atoms with Gasteiger partial charge in [-0.25, -0.2) is 0 Å². The van der Waals surface area contributed by atoms with Crippen molar-refractivity contribution in [2.45, 2.75) is 6.54 Å². The first-order valence-corrected chi connectivity index (χ1v) is 4.11. The van der Waals surface area contributed by atoms with Crippen molar-refractivity contribution in [2.75, 3.05) is 0 Å². The molecule has 65 valence electrons. The van der Waals surface area contributed by atoms with Gasteiger partial charge in [0.05, 0.1) is 11.9 Å². The number of rotatable bonds is 2. The van der Waals surface area contributed by atoms with Crippen molar-refractivity contribution < 1.29 is 0 Å². The SMILES string of the molecule is NCc1ccccc1-c1c[c][nH]n1. The fourth-order valence-electron chi connectivity index (χ4n) is 1.31. The molecule has 2 aromatic rings. The van der Waals surface area contributed by atoms with Gasteiger partial charge >= 0.3 is 0 Å². The Kier molecular flexibility index (Phi) is 2.10. The number of aromatic amines is 1. The van der Waals surface area contributed by atoms with Crippen molar-refractivity contribution in [1.82, 2.24) is 10.2 Å². The zero-order chi connectivity index (χ0) is 9.10. The first kappa shape index (κ1) is 8.01. The quantitative estimate of drug-likeness (QED) is 0.718. The summed E-state index contributed by atoms with van der Waals surface area (Å²) in [5.41, 5.74) is 8.67. The molecule has 0 saturated heterocycles. The molecule has 3 nitrogen and oxygen atoms in total. The van der Waals surface area contributed by atoms with Crippen molar-refractivity contribution in [3.63, 3.8) is 0 Å². The van der Waals surface area contributed by atoms with Crippen LogP contribution in [-0.4, -0.2) is 10.2 Å². The van der Waals surface area contributed by atoms with Gasteiger partial charge in [0.15, 0.2) is 0 Å². The predicted molar refractivity (Wildman–Crippen MR) is 50.8 cm³/mol. The van der Waals surface area contributed by atoms with Crippen LogP contribution in [0.4, 0.5) is 0 Å². The fourth-order valence-corrected chi connectivity index (χ4v) is 1.31. The number of hydrogen-bond donors (Lipinski definition) is 2. The van der Waals surface area contributed by atoms with Gasteiger partial charge in [-0.05, 0) is 11.6 Å². The zero-order valence-electron chi connectivity index (χ0n) is 7.12. The van der Waals surface area contributed by atoms with Gasteiger partial charge in [0, 0.05) is 12.1 Å². The highest BCUT2D eigenvalue weighted by molar-refractivity contribution is 5.62. The maximum atomic E-state index is 5.61. The van der Waals surface area contributed by atoms with Gasteiger partial charge in [-0.15, -0.1) is 0 Å². The average Bonchev–Trinajstić information content (AvgIpc) is 2.70. The standard InChI is InChI=1S/C10H10N3/c11-7-8-3-1-2-4-9(8)10-5-6-12-13-10/h1-5H,7,11H2,(H,12,13). The second-order valence-electron chi connectivity index (χ2n) is 2.76. The highest BCUT2D eigenvalue weighted by atomic mass is 15.1. The summed E-state index contributed by atoms with van der Waals surface area (Å²) in [6.07, 6.45) is 2.80. The fraction of sp³-hybridized carbons (Fsp3) is 0.100.